The Kier molecular flexibility index (Phi) is 7.18. The predicted molar refractivity (Wildman–Crippen MR) is 95.4 cm³/mol. The Hall–Kier alpha value is -2.85. The molecule has 2 aromatic rings. The molecule has 0 aliphatic rings. The molecule has 0 aliphatic carbocycles. The fraction of sp³-hybridized carbons (Fsp3) is 0.222. The topological polar surface area (TPSA) is 102 Å². The molecule has 10 heteroatoms. The molecule has 2 N–H and O–H groups in total. The van der Waals surface area contributed by atoms with Crippen molar-refractivity contribution in [2.75, 3.05) is 6.54 Å². The van der Waals surface area contributed by atoms with Crippen LogP contribution in [0.5, 0.6) is 0 Å². The maximum absolute atomic E-state index is 13.1. The Morgan fingerprint density at radius 1 is 1.07 bits per heavy atom. The zero-order chi connectivity index (χ0) is 20.7. The normalized spacial score (nSPS) is 12.2. The monoisotopic (exact) mass is 412 g/mol. The highest BCUT2D eigenvalue weighted by molar-refractivity contribution is 7.89. The molecule has 1 amide bonds. The zero-order valence-electron chi connectivity index (χ0n) is 14.8. The number of ether oxygens (including phenoxy) is 1. The number of amides is 1. The highest BCUT2D eigenvalue weighted by Crippen LogP contribution is 2.10. The van der Waals surface area contributed by atoms with Crippen molar-refractivity contribution in [3.8, 4) is 0 Å². The third kappa shape index (κ3) is 6.39. The van der Waals surface area contributed by atoms with Gasteiger partial charge in [0, 0.05) is 6.54 Å². The van der Waals surface area contributed by atoms with Crippen molar-refractivity contribution in [3.05, 3.63) is 65.7 Å². The molecule has 28 heavy (non-hydrogen) atoms. The highest BCUT2D eigenvalue weighted by Gasteiger charge is 2.20. The van der Waals surface area contributed by atoms with E-state index in [0.717, 1.165) is 12.1 Å². The Bertz CT molecular complexity index is 949. The zero-order valence-corrected chi connectivity index (χ0v) is 15.6. The molecular formula is C18H18F2N2O5S. The number of carbonyl (C=O) groups excluding carboxylic acids is 2. The smallest absolute Gasteiger partial charge is 0.321 e. The van der Waals surface area contributed by atoms with Gasteiger partial charge in [-0.15, -0.1) is 0 Å². The van der Waals surface area contributed by atoms with Gasteiger partial charge in [0.2, 0.25) is 10.0 Å². The first-order chi connectivity index (χ1) is 13.2. The fourth-order valence-corrected chi connectivity index (χ4v) is 3.10. The molecule has 2 rings (SSSR count). The molecule has 0 radical (unpaired) electrons. The van der Waals surface area contributed by atoms with Crippen LogP contribution in [0.2, 0.25) is 0 Å². The van der Waals surface area contributed by atoms with Crippen LogP contribution < -0.4 is 10.0 Å². The highest BCUT2D eigenvalue weighted by atomic mass is 32.2. The summed E-state index contributed by atoms with van der Waals surface area (Å²) in [5, 5.41) is 2.51. The largest absolute Gasteiger partial charge is 0.452 e. The molecule has 0 aliphatic heterocycles. The standard InChI is InChI=1S/C18H18F2N2O5S/c1-12(18(24)21-10-13-5-7-14(19)8-6-13)27-17(23)11-22-28(25,26)16-4-2-3-15(20)9-16/h2-9,12,22H,10-11H2,1H3,(H,21,24)/t12-/m0/s1. The van der Waals surface area contributed by atoms with Crippen LogP contribution in [-0.2, 0) is 30.9 Å². The summed E-state index contributed by atoms with van der Waals surface area (Å²) in [5.41, 5.74) is 0.649. The quantitative estimate of drug-likeness (QED) is 0.640. The van der Waals surface area contributed by atoms with Crippen molar-refractivity contribution in [1.82, 2.24) is 10.0 Å². The number of hydrogen-bond acceptors (Lipinski definition) is 5. The summed E-state index contributed by atoms with van der Waals surface area (Å²) in [6, 6.07) is 9.75. The van der Waals surface area contributed by atoms with Gasteiger partial charge in [0.15, 0.2) is 6.10 Å². The van der Waals surface area contributed by atoms with E-state index in [1.165, 1.54) is 43.3 Å². The van der Waals surface area contributed by atoms with Gasteiger partial charge < -0.3 is 10.1 Å². The minimum absolute atomic E-state index is 0.104. The van der Waals surface area contributed by atoms with Gasteiger partial charge in [0.25, 0.3) is 5.91 Å². The van der Waals surface area contributed by atoms with E-state index in [1.54, 1.807) is 0 Å². The van der Waals surface area contributed by atoms with E-state index < -0.39 is 46.2 Å². The Balaban J connectivity index is 1.81. The third-order valence-corrected chi connectivity index (χ3v) is 4.97. The van der Waals surface area contributed by atoms with Gasteiger partial charge in [0.05, 0.1) is 4.90 Å². The number of carbonyl (C=O) groups is 2. The van der Waals surface area contributed by atoms with Crippen molar-refractivity contribution in [3.63, 3.8) is 0 Å². The number of sulfonamides is 1. The first kappa shape index (κ1) is 21.5. The minimum Gasteiger partial charge on any atom is -0.452 e. The van der Waals surface area contributed by atoms with E-state index in [1.807, 2.05) is 4.72 Å². The number of esters is 1. The Labute approximate surface area is 160 Å². The lowest BCUT2D eigenvalue weighted by Gasteiger charge is -2.14. The minimum atomic E-state index is -4.11. The molecule has 0 heterocycles. The molecule has 0 fully saturated rings. The van der Waals surface area contributed by atoms with Gasteiger partial charge in [0.1, 0.15) is 18.2 Å². The summed E-state index contributed by atoms with van der Waals surface area (Å²) < 4.78 is 56.8. The van der Waals surface area contributed by atoms with Crippen molar-refractivity contribution in [2.45, 2.75) is 24.5 Å². The van der Waals surface area contributed by atoms with Crippen LogP contribution in [0.4, 0.5) is 8.78 Å². The molecule has 0 saturated heterocycles. The molecular weight excluding hydrogens is 394 g/mol. The van der Waals surface area contributed by atoms with Crippen LogP contribution >= 0.6 is 0 Å². The summed E-state index contributed by atoms with van der Waals surface area (Å²) in [6.07, 6.45) is -1.17. The summed E-state index contributed by atoms with van der Waals surface area (Å²) >= 11 is 0. The van der Waals surface area contributed by atoms with Crippen molar-refractivity contribution < 1.29 is 31.5 Å². The van der Waals surface area contributed by atoms with E-state index >= 15 is 0 Å². The second-order valence-corrected chi connectivity index (χ2v) is 7.53. The first-order valence-corrected chi connectivity index (χ1v) is 9.62. The van der Waals surface area contributed by atoms with Crippen LogP contribution in [0.3, 0.4) is 0 Å². The SMILES string of the molecule is C[C@H](OC(=O)CNS(=O)(=O)c1cccc(F)c1)C(=O)NCc1ccc(F)cc1. The van der Waals surface area contributed by atoms with Gasteiger partial charge >= 0.3 is 5.97 Å². The molecule has 0 bridgehead atoms. The summed E-state index contributed by atoms with van der Waals surface area (Å²) in [4.78, 5) is 23.4. The molecule has 2 aromatic carbocycles. The summed E-state index contributed by atoms with van der Waals surface area (Å²) in [5.74, 6) is -2.73. The maximum atomic E-state index is 13.1. The van der Waals surface area contributed by atoms with Crippen molar-refractivity contribution in [2.24, 2.45) is 0 Å². The Morgan fingerprint density at radius 3 is 2.39 bits per heavy atom. The molecule has 1 atom stereocenters. The van der Waals surface area contributed by atoms with Crippen LogP contribution in [-0.4, -0.2) is 32.9 Å². The second kappa shape index (κ2) is 9.38. The number of rotatable bonds is 8. The molecule has 150 valence electrons. The van der Waals surface area contributed by atoms with Crippen LogP contribution in [0, 0.1) is 11.6 Å². The van der Waals surface area contributed by atoms with Crippen molar-refractivity contribution in [1.29, 1.82) is 0 Å². The van der Waals surface area contributed by atoms with E-state index in [0.29, 0.717) is 5.56 Å². The lowest BCUT2D eigenvalue weighted by Crippen LogP contribution is -2.38. The molecule has 0 spiro atoms. The number of halogens is 2. The van der Waals surface area contributed by atoms with Gasteiger partial charge in [-0.05, 0) is 42.8 Å². The summed E-state index contributed by atoms with van der Waals surface area (Å²) in [6.45, 7) is 0.695. The lowest BCUT2D eigenvalue weighted by molar-refractivity contribution is -0.153. The van der Waals surface area contributed by atoms with E-state index in [9.17, 15) is 26.8 Å². The van der Waals surface area contributed by atoms with E-state index in [4.69, 9.17) is 4.74 Å². The van der Waals surface area contributed by atoms with Gasteiger partial charge in [-0.2, -0.15) is 4.72 Å². The number of nitrogens with one attached hydrogen (secondary N) is 2. The van der Waals surface area contributed by atoms with Crippen LogP contribution in [0.1, 0.15) is 12.5 Å². The van der Waals surface area contributed by atoms with Gasteiger partial charge in [-0.1, -0.05) is 18.2 Å². The Morgan fingerprint density at radius 2 is 1.75 bits per heavy atom. The van der Waals surface area contributed by atoms with Gasteiger partial charge in [-0.3, -0.25) is 9.59 Å². The van der Waals surface area contributed by atoms with Gasteiger partial charge in [-0.25, -0.2) is 17.2 Å². The third-order valence-electron chi connectivity index (χ3n) is 3.57. The maximum Gasteiger partial charge on any atom is 0.321 e. The first-order valence-electron chi connectivity index (χ1n) is 8.14. The average molecular weight is 412 g/mol. The molecule has 0 unspecified atom stereocenters. The number of benzene rings is 2. The van der Waals surface area contributed by atoms with E-state index in [2.05, 4.69) is 5.32 Å². The number of hydrogen-bond donors (Lipinski definition) is 2. The molecule has 7 nitrogen and oxygen atoms in total. The molecule has 0 aromatic heterocycles. The van der Waals surface area contributed by atoms with E-state index in [-0.39, 0.29) is 11.4 Å². The summed E-state index contributed by atoms with van der Waals surface area (Å²) in [7, 11) is -4.11. The van der Waals surface area contributed by atoms with Crippen molar-refractivity contribution >= 4 is 21.9 Å². The van der Waals surface area contributed by atoms with Crippen LogP contribution in [0.15, 0.2) is 53.4 Å². The molecule has 0 saturated carbocycles. The average Bonchev–Trinajstić information content (AvgIpc) is 2.65. The lowest BCUT2D eigenvalue weighted by atomic mass is 10.2. The predicted octanol–water partition coefficient (Wildman–Crippen LogP) is 1.49. The fourth-order valence-electron chi connectivity index (χ4n) is 2.10. The van der Waals surface area contributed by atoms with Crippen LogP contribution in [0.25, 0.3) is 0 Å². The second-order valence-electron chi connectivity index (χ2n) is 5.76.